The van der Waals surface area contributed by atoms with Gasteiger partial charge in [-0.25, -0.2) is 0 Å². The van der Waals surface area contributed by atoms with Crippen LogP contribution in [0.1, 0.15) is 22.3 Å². The van der Waals surface area contributed by atoms with Crippen molar-refractivity contribution in [3.63, 3.8) is 0 Å². The summed E-state index contributed by atoms with van der Waals surface area (Å²) < 4.78 is 1.19. The first-order valence-corrected chi connectivity index (χ1v) is 7.38. The van der Waals surface area contributed by atoms with E-state index in [0.29, 0.717) is 0 Å². The predicted molar refractivity (Wildman–Crippen MR) is 78.5 cm³/mol. The summed E-state index contributed by atoms with van der Waals surface area (Å²) in [5, 5.41) is 7.89. The van der Waals surface area contributed by atoms with Gasteiger partial charge in [0.15, 0.2) is 0 Å². The first-order valence-electron chi connectivity index (χ1n) is 5.64. The molecule has 0 saturated carbocycles. The van der Waals surface area contributed by atoms with Gasteiger partial charge in [-0.15, -0.1) is 0 Å². The Kier molecular flexibility index (Phi) is 4.37. The molecule has 0 bridgehead atoms. The maximum Gasteiger partial charge on any atom is 0.0222 e. The minimum atomic E-state index is 0.899. The van der Waals surface area contributed by atoms with E-state index in [2.05, 4.69) is 64.1 Å². The third-order valence-electron chi connectivity index (χ3n) is 2.80. The van der Waals surface area contributed by atoms with E-state index in [-0.39, 0.29) is 0 Å². The predicted octanol–water partition coefficient (Wildman–Crippen LogP) is 4.42. The van der Waals surface area contributed by atoms with Crippen molar-refractivity contribution < 1.29 is 0 Å². The van der Waals surface area contributed by atoms with E-state index in [0.717, 1.165) is 13.1 Å². The standard InChI is InChI=1S/C14H16BrNS/c1-10-3-4-12(14(15)5-10)6-16-7-13-9-17-8-11(13)2/h3-5,8-9,16H,6-7H2,1-2H3. The van der Waals surface area contributed by atoms with Crippen molar-refractivity contribution >= 4 is 27.3 Å². The number of aryl methyl sites for hydroxylation is 2. The van der Waals surface area contributed by atoms with Gasteiger partial charge in [0.05, 0.1) is 0 Å². The molecule has 3 heteroatoms. The van der Waals surface area contributed by atoms with E-state index in [1.165, 1.54) is 26.7 Å². The highest BCUT2D eigenvalue weighted by molar-refractivity contribution is 9.10. The van der Waals surface area contributed by atoms with Crippen molar-refractivity contribution in [3.8, 4) is 0 Å². The smallest absolute Gasteiger partial charge is 0.0222 e. The van der Waals surface area contributed by atoms with Crippen LogP contribution in [-0.4, -0.2) is 0 Å². The number of rotatable bonds is 4. The van der Waals surface area contributed by atoms with Crippen LogP contribution < -0.4 is 5.32 Å². The molecule has 0 aliphatic heterocycles. The fourth-order valence-corrected chi connectivity index (χ4v) is 3.19. The van der Waals surface area contributed by atoms with Gasteiger partial charge < -0.3 is 5.32 Å². The average Bonchev–Trinajstić information content (AvgIpc) is 2.68. The zero-order valence-electron chi connectivity index (χ0n) is 10.1. The molecule has 90 valence electrons. The molecule has 1 aromatic heterocycles. The van der Waals surface area contributed by atoms with E-state index in [9.17, 15) is 0 Å². The Morgan fingerprint density at radius 1 is 1.12 bits per heavy atom. The molecule has 17 heavy (non-hydrogen) atoms. The van der Waals surface area contributed by atoms with Gasteiger partial charge in [-0.05, 0) is 52.9 Å². The lowest BCUT2D eigenvalue weighted by Gasteiger charge is -2.07. The van der Waals surface area contributed by atoms with Gasteiger partial charge >= 0.3 is 0 Å². The highest BCUT2D eigenvalue weighted by atomic mass is 79.9. The van der Waals surface area contributed by atoms with Crippen molar-refractivity contribution in [2.24, 2.45) is 0 Å². The van der Waals surface area contributed by atoms with Gasteiger partial charge in [-0.2, -0.15) is 11.3 Å². The lowest BCUT2D eigenvalue weighted by atomic mass is 10.1. The molecule has 0 amide bonds. The van der Waals surface area contributed by atoms with Crippen LogP contribution in [-0.2, 0) is 13.1 Å². The van der Waals surface area contributed by atoms with E-state index in [1.807, 2.05) is 0 Å². The summed E-state index contributed by atoms with van der Waals surface area (Å²) in [6.45, 7) is 6.11. The molecule has 1 nitrogen and oxygen atoms in total. The molecule has 1 aromatic carbocycles. The van der Waals surface area contributed by atoms with E-state index in [4.69, 9.17) is 0 Å². The van der Waals surface area contributed by atoms with Gasteiger partial charge in [0, 0.05) is 17.6 Å². The Bertz CT molecular complexity index is 505. The topological polar surface area (TPSA) is 12.0 Å². The van der Waals surface area contributed by atoms with Crippen LogP contribution in [0.2, 0.25) is 0 Å². The fraction of sp³-hybridized carbons (Fsp3) is 0.286. The Labute approximate surface area is 115 Å². The minimum absolute atomic E-state index is 0.899. The SMILES string of the molecule is Cc1ccc(CNCc2cscc2C)c(Br)c1. The first kappa shape index (κ1) is 12.8. The maximum atomic E-state index is 3.60. The number of hydrogen-bond acceptors (Lipinski definition) is 2. The van der Waals surface area contributed by atoms with Crippen LogP contribution >= 0.6 is 27.3 Å². The number of nitrogens with one attached hydrogen (secondary N) is 1. The van der Waals surface area contributed by atoms with Crippen molar-refractivity contribution in [2.75, 3.05) is 0 Å². The molecule has 0 fully saturated rings. The summed E-state index contributed by atoms with van der Waals surface area (Å²) in [5.74, 6) is 0. The lowest BCUT2D eigenvalue weighted by Crippen LogP contribution is -2.13. The number of benzene rings is 1. The minimum Gasteiger partial charge on any atom is -0.309 e. The normalized spacial score (nSPS) is 10.8. The van der Waals surface area contributed by atoms with Gasteiger partial charge in [0.2, 0.25) is 0 Å². The average molecular weight is 310 g/mol. The molecule has 1 N–H and O–H groups in total. The molecule has 0 unspecified atom stereocenters. The van der Waals surface area contributed by atoms with Gasteiger partial charge in [-0.1, -0.05) is 28.1 Å². The number of thiophene rings is 1. The molecule has 1 heterocycles. The van der Waals surface area contributed by atoms with Gasteiger partial charge in [0.25, 0.3) is 0 Å². The molecule has 0 atom stereocenters. The summed E-state index contributed by atoms with van der Waals surface area (Å²) in [7, 11) is 0. The fourth-order valence-electron chi connectivity index (χ4n) is 1.70. The highest BCUT2D eigenvalue weighted by Gasteiger charge is 2.01. The van der Waals surface area contributed by atoms with Crippen LogP contribution in [0.5, 0.6) is 0 Å². The Balaban J connectivity index is 1.92. The third kappa shape index (κ3) is 3.41. The molecule has 0 radical (unpaired) electrons. The maximum absolute atomic E-state index is 3.60. The monoisotopic (exact) mass is 309 g/mol. The zero-order chi connectivity index (χ0) is 12.3. The molecular weight excluding hydrogens is 294 g/mol. The van der Waals surface area contributed by atoms with Crippen LogP contribution in [0.4, 0.5) is 0 Å². The second-order valence-corrected chi connectivity index (χ2v) is 5.88. The summed E-state index contributed by atoms with van der Waals surface area (Å²) in [4.78, 5) is 0. The third-order valence-corrected chi connectivity index (χ3v) is 4.45. The van der Waals surface area contributed by atoms with Crippen LogP contribution in [0, 0.1) is 13.8 Å². The summed E-state index contributed by atoms with van der Waals surface area (Å²) >= 11 is 5.37. The first-order chi connectivity index (χ1) is 8.16. The lowest BCUT2D eigenvalue weighted by molar-refractivity contribution is 0.690. The van der Waals surface area contributed by atoms with E-state index < -0.39 is 0 Å². The largest absolute Gasteiger partial charge is 0.309 e. The van der Waals surface area contributed by atoms with Crippen LogP contribution in [0.15, 0.2) is 33.4 Å². The van der Waals surface area contributed by atoms with Crippen molar-refractivity contribution in [1.29, 1.82) is 0 Å². The quantitative estimate of drug-likeness (QED) is 0.881. The molecule has 0 aliphatic carbocycles. The highest BCUT2D eigenvalue weighted by Crippen LogP contribution is 2.18. The zero-order valence-corrected chi connectivity index (χ0v) is 12.5. The van der Waals surface area contributed by atoms with E-state index >= 15 is 0 Å². The molecule has 0 spiro atoms. The molecule has 2 rings (SSSR count). The van der Waals surface area contributed by atoms with Crippen LogP contribution in [0.3, 0.4) is 0 Å². The Morgan fingerprint density at radius 2 is 1.88 bits per heavy atom. The van der Waals surface area contributed by atoms with Crippen LogP contribution in [0.25, 0.3) is 0 Å². The van der Waals surface area contributed by atoms with Gasteiger partial charge in [0.1, 0.15) is 0 Å². The molecule has 0 saturated heterocycles. The molecular formula is C14H16BrNS. The second kappa shape index (κ2) is 5.80. The van der Waals surface area contributed by atoms with Gasteiger partial charge in [-0.3, -0.25) is 0 Å². The van der Waals surface area contributed by atoms with Crippen molar-refractivity contribution in [1.82, 2.24) is 5.32 Å². The molecule has 0 aliphatic rings. The summed E-state index contributed by atoms with van der Waals surface area (Å²) in [6.07, 6.45) is 0. The Hall–Kier alpha value is -0.640. The molecule has 2 aromatic rings. The Morgan fingerprint density at radius 3 is 2.53 bits per heavy atom. The second-order valence-electron chi connectivity index (χ2n) is 4.28. The van der Waals surface area contributed by atoms with Crippen molar-refractivity contribution in [2.45, 2.75) is 26.9 Å². The summed E-state index contributed by atoms with van der Waals surface area (Å²) in [5.41, 5.74) is 5.38. The summed E-state index contributed by atoms with van der Waals surface area (Å²) in [6, 6.07) is 6.48. The number of hydrogen-bond donors (Lipinski definition) is 1. The number of halogens is 1. The van der Waals surface area contributed by atoms with Crippen molar-refractivity contribution in [3.05, 3.63) is 55.7 Å². The van der Waals surface area contributed by atoms with E-state index in [1.54, 1.807) is 11.3 Å².